The van der Waals surface area contributed by atoms with E-state index in [1.54, 1.807) is 30.0 Å². The van der Waals surface area contributed by atoms with E-state index >= 15 is 0 Å². The molecule has 1 aliphatic rings. The van der Waals surface area contributed by atoms with E-state index in [0.29, 0.717) is 5.56 Å². The summed E-state index contributed by atoms with van der Waals surface area (Å²) >= 11 is 1.79. The smallest absolute Gasteiger partial charge is 0.242 e. The molecule has 1 atom stereocenters. The molecule has 1 aromatic rings. The maximum atomic E-state index is 12.6. The molecular formula is C15H20N2O2S2. The molecule has 0 aromatic heterocycles. The van der Waals surface area contributed by atoms with Gasteiger partial charge in [0, 0.05) is 17.4 Å². The third-order valence-corrected chi connectivity index (χ3v) is 6.03. The van der Waals surface area contributed by atoms with Crippen LogP contribution in [0.3, 0.4) is 0 Å². The molecule has 1 fully saturated rings. The maximum absolute atomic E-state index is 12.6. The van der Waals surface area contributed by atoms with E-state index in [-0.39, 0.29) is 17.5 Å². The van der Waals surface area contributed by atoms with Crippen LogP contribution >= 0.6 is 11.8 Å². The first-order chi connectivity index (χ1) is 10.0. The minimum Gasteiger partial charge on any atom is -0.320 e. The van der Waals surface area contributed by atoms with Gasteiger partial charge < -0.3 is 5.73 Å². The highest BCUT2D eigenvalue weighted by atomic mass is 32.2. The number of nitrogens with one attached hydrogen (secondary N) is 1. The summed E-state index contributed by atoms with van der Waals surface area (Å²) in [4.78, 5) is 0.240. The summed E-state index contributed by atoms with van der Waals surface area (Å²) in [6.07, 6.45) is 1.94. The lowest BCUT2D eigenvalue weighted by atomic mass is 10.1. The first-order valence-corrected chi connectivity index (χ1v) is 9.56. The van der Waals surface area contributed by atoms with Crippen LogP contribution in [0.2, 0.25) is 0 Å². The molecule has 0 saturated carbocycles. The van der Waals surface area contributed by atoms with Gasteiger partial charge in [0.1, 0.15) is 0 Å². The van der Waals surface area contributed by atoms with Gasteiger partial charge in [0.05, 0.1) is 11.4 Å². The van der Waals surface area contributed by atoms with Crippen molar-refractivity contribution in [1.29, 1.82) is 0 Å². The van der Waals surface area contributed by atoms with Crippen molar-refractivity contribution in [2.24, 2.45) is 5.73 Å². The molecule has 0 amide bonds. The van der Waals surface area contributed by atoms with Crippen LogP contribution in [-0.2, 0) is 10.0 Å². The minimum absolute atomic E-state index is 0.00497. The van der Waals surface area contributed by atoms with Crippen molar-refractivity contribution >= 4 is 21.8 Å². The molecular weight excluding hydrogens is 304 g/mol. The summed E-state index contributed by atoms with van der Waals surface area (Å²) in [5.74, 6) is 7.52. The molecule has 1 aromatic carbocycles. The summed E-state index contributed by atoms with van der Waals surface area (Å²) in [5, 5.41) is 0. The molecule has 4 nitrogen and oxygen atoms in total. The van der Waals surface area contributed by atoms with Gasteiger partial charge in [-0.15, -0.1) is 0 Å². The zero-order valence-electron chi connectivity index (χ0n) is 12.1. The molecule has 1 saturated heterocycles. The summed E-state index contributed by atoms with van der Waals surface area (Å²) in [6.45, 7) is 2.12. The summed E-state index contributed by atoms with van der Waals surface area (Å²) in [7, 11) is -3.54. The predicted octanol–water partition coefficient (Wildman–Crippen LogP) is 1.48. The van der Waals surface area contributed by atoms with E-state index in [1.807, 2.05) is 6.92 Å². The van der Waals surface area contributed by atoms with Crippen LogP contribution in [0.4, 0.5) is 0 Å². The minimum atomic E-state index is -3.54. The Bertz CT molecular complexity index is 654. The second-order valence-electron chi connectivity index (χ2n) is 5.04. The Kier molecular flexibility index (Phi) is 5.71. The fourth-order valence-corrected chi connectivity index (χ4v) is 4.83. The standard InChI is InChI=1S/C15H20N2O2S2/c1-12-6-7-15(13(10-12)4-2-8-16)21(18,19)17-14-5-3-9-20-11-14/h6-7,10,14,17H,3,5,8-9,11,16H2,1H3. The van der Waals surface area contributed by atoms with Crippen molar-refractivity contribution in [3.8, 4) is 11.8 Å². The first kappa shape index (κ1) is 16.4. The fourth-order valence-electron chi connectivity index (χ4n) is 2.24. The van der Waals surface area contributed by atoms with Crippen LogP contribution in [0.1, 0.15) is 24.0 Å². The van der Waals surface area contributed by atoms with Crippen molar-refractivity contribution in [2.45, 2.75) is 30.7 Å². The molecule has 0 bridgehead atoms. The quantitative estimate of drug-likeness (QED) is 0.826. The Morgan fingerprint density at radius 2 is 2.29 bits per heavy atom. The van der Waals surface area contributed by atoms with Gasteiger partial charge in [-0.2, -0.15) is 11.8 Å². The number of rotatable bonds is 3. The summed E-state index contributed by atoms with van der Waals surface area (Å²) < 4.78 is 28.0. The molecule has 0 spiro atoms. The Hall–Kier alpha value is -1.00. The lowest BCUT2D eigenvalue weighted by Crippen LogP contribution is -2.38. The average molecular weight is 324 g/mol. The highest BCUT2D eigenvalue weighted by Crippen LogP contribution is 2.21. The topological polar surface area (TPSA) is 72.2 Å². The van der Waals surface area contributed by atoms with Gasteiger partial charge >= 0.3 is 0 Å². The van der Waals surface area contributed by atoms with Gasteiger partial charge in [-0.3, -0.25) is 0 Å². The molecule has 1 unspecified atom stereocenters. The van der Waals surface area contributed by atoms with Gasteiger partial charge in [-0.05, 0) is 43.2 Å². The normalized spacial score (nSPS) is 18.9. The summed E-state index contributed by atoms with van der Waals surface area (Å²) in [6, 6.07) is 5.20. The van der Waals surface area contributed by atoms with Crippen LogP contribution in [0.5, 0.6) is 0 Å². The van der Waals surface area contributed by atoms with Gasteiger partial charge in [-0.1, -0.05) is 17.9 Å². The van der Waals surface area contributed by atoms with Crippen molar-refractivity contribution in [1.82, 2.24) is 4.72 Å². The highest BCUT2D eigenvalue weighted by molar-refractivity contribution is 7.99. The number of aryl methyl sites for hydroxylation is 1. The third kappa shape index (κ3) is 4.48. The zero-order chi connectivity index (χ0) is 15.3. The Morgan fingerprint density at radius 3 is 2.95 bits per heavy atom. The van der Waals surface area contributed by atoms with Crippen LogP contribution in [-0.4, -0.2) is 32.5 Å². The number of hydrogen-bond donors (Lipinski definition) is 2. The van der Waals surface area contributed by atoms with Crippen molar-refractivity contribution in [3.63, 3.8) is 0 Å². The lowest BCUT2D eigenvalue weighted by molar-refractivity contribution is 0.543. The molecule has 21 heavy (non-hydrogen) atoms. The van der Waals surface area contributed by atoms with Gasteiger partial charge in [-0.25, -0.2) is 13.1 Å². The second kappa shape index (κ2) is 7.32. The number of nitrogens with two attached hydrogens (primary N) is 1. The second-order valence-corrected chi connectivity index (χ2v) is 7.87. The van der Waals surface area contributed by atoms with Crippen molar-refractivity contribution < 1.29 is 8.42 Å². The fraction of sp³-hybridized carbons (Fsp3) is 0.467. The highest BCUT2D eigenvalue weighted by Gasteiger charge is 2.23. The van der Waals surface area contributed by atoms with Crippen molar-refractivity contribution in [3.05, 3.63) is 29.3 Å². The number of sulfonamides is 1. The molecule has 6 heteroatoms. The molecule has 1 heterocycles. The van der Waals surface area contributed by atoms with Crippen molar-refractivity contribution in [2.75, 3.05) is 18.1 Å². The monoisotopic (exact) mass is 324 g/mol. The first-order valence-electron chi connectivity index (χ1n) is 6.92. The third-order valence-electron chi connectivity index (χ3n) is 3.23. The van der Waals surface area contributed by atoms with Crippen LogP contribution < -0.4 is 10.5 Å². The van der Waals surface area contributed by atoms with Crippen LogP contribution in [0.25, 0.3) is 0 Å². The number of hydrogen-bond acceptors (Lipinski definition) is 4. The average Bonchev–Trinajstić information content (AvgIpc) is 2.45. The molecule has 0 aliphatic carbocycles. The van der Waals surface area contributed by atoms with E-state index in [4.69, 9.17) is 5.73 Å². The zero-order valence-corrected chi connectivity index (χ0v) is 13.7. The Balaban J connectivity index is 2.30. The lowest BCUT2D eigenvalue weighted by Gasteiger charge is -2.22. The molecule has 114 valence electrons. The molecule has 0 radical (unpaired) electrons. The molecule has 1 aliphatic heterocycles. The Morgan fingerprint density at radius 1 is 1.48 bits per heavy atom. The predicted molar refractivity (Wildman–Crippen MR) is 87.8 cm³/mol. The van der Waals surface area contributed by atoms with E-state index in [1.165, 1.54) is 0 Å². The summed E-state index contributed by atoms with van der Waals surface area (Å²) in [5.41, 5.74) is 6.87. The largest absolute Gasteiger partial charge is 0.320 e. The van der Waals surface area contributed by atoms with E-state index in [9.17, 15) is 8.42 Å². The van der Waals surface area contributed by atoms with Gasteiger partial charge in [0.2, 0.25) is 10.0 Å². The Labute approximate surface area is 130 Å². The van der Waals surface area contributed by atoms with E-state index < -0.39 is 10.0 Å². The van der Waals surface area contributed by atoms with E-state index in [0.717, 1.165) is 29.9 Å². The van der Waals surface area contributed by atoms with E-state index in [2.05, 4.69) is 16.6 Å². The SMILES string of the molecule is Cc1ccc(S(=O)(=O)NC2CCCSC2)c(C#CCN)c1. The van der Waals surface area contributed by atoms with Gasteiger partial charge in [0.25, 0.3) is 0 Å². The molecule has 3 N–H and O–H groups in total. The van der Waals surface area contributed by atoms with Crippen LogP contribution in [0, 0.1) is 18.8 Å². The molecule has 2 rings (SSSR count). The van der Waals surface area contributed by atoms with Crippen LogP contribution in [0.15, 0.2) is 23.1 Å². The number of thioether (sulfide) groups is 1. The number of benzene rings is 1. The maximum Gasteiger partial charge on any atom is 0.242 e. The van der Waals surface area contributed by atoms with Gasteiger partial charge in [0.15, 0.2) is 0 Å².